The van der Waals surface area contributed by atoms with Crippen LogP contribution in [0, 0.1) is 0 Å². The summed E-state index contributed by atoms with van der Waals surface area (Å²) in [5.41, 5.74) is 1.10. The minimum atomic E-state index is -0.642. The molecule has 1 saturated heterocycles. The highest BCUT2D eigenvalue weighted by Crippen LogP contribution is 2.14. The number of hydrogen-bond donors (Lipinski definition) is 0. The normalized spacial score (nSPS) is 13.8. The molecule has 31 heavy (non-hydrogen) atoms. The van der Waals surface area contributed by atoms with Crippen molar-refractivity contribution in [2.24, 2.45) is 0 Å². The third-order valence-corrected chi connectivity index (χ3v) is 5.59. The van der Waals surface area contributed by atoms with E-state index in [1.54, 1.807) is 40.1 Å². The standard InChI is InChI=1S/C22H22N2O6S/c1-29-22(28)17-7-4-16(5-8-17)6-9-20(26)30-15-19(25)23-10-12-24(13-11-23)21(27)18-3-2-14-31-18/h2-9,14H,10-13,15H2,1H3/b9-6+. The molecule has 2 aromatic rings. The van der Waals surface area contributed by atoms with Crippen molar-refractivity contribution in [3.05, 3.63) is 63.9 Å². The summed E-state index contributed by atoms with van der Waals surface area (Å²) >= 11 is 1.39. The lowest BCUT2D eigenvalue weighted by atomic mass is 10.1. The van der Waals surface area contributed by atoms with Gasteiger partial charge in [0, 0.05) is 32.3 Å². The smallest absolute Gasteiger partial charge is 0.337 e. The van der Waals surface area contributed by atoms with E-state index in [4.69, 9.17) is 4.74 Å². The predicted octanol–water partition coefficient (Wildman–Crippen LogP) is 2.08. The maximum absolute atomic E-state index is 12.3. The molecule has 0 bridgehead atoms. The predicted molar refractivity (Wildman–Crippen MR) is 115 cm³/mol. The fourth-order valence-corrected chi connectivity index (χ4v) is 3.69. The van der Waals surface area contributed by atoms with Crippen molar-refractivity contribution in [2.45, 2.75) is 0 Å². The average molecular weight is 442 g/mol. The van der Waals surface area contributed by atoms with Crippen molar-refractivity contribution in [1.82, 2.24) is 9.80 Å². The van der Waals surface area contributed by atoms with Gasteiger partial charge in [0.15, 0.2) is 6.61 Å². The van der Waals surface area contributed by atoms with E-state index in [1.165, 1.54) is 30.6 Å². The van der Waals surface area contributed by atoms with Crippen molar-refractivity contribution in [3.8, 4) is 0 Å². The zero-order valence-corrected chi connectivity index (χ0v) is 17.8. The molecule has 0 aliphatic carbocycles. The summed E-state index contributed by atoms with van der Waals surface area (Å²) in [5.74, 6) is -1.41. The Morgan fingerprint density at radius 3 is 2.29 bits per heavy atom. The van der Waals surface area contributed by atoms with Crippen molar-refractivity contribution >= 4 is 41.2 Å². The number of benzene rings is 1. The molecule has 2 amide bonds. The van der Waals surface area contributed by atoms with Crippen LogP contribution in [-0.2, 0) is 19.1 Å². The van der Waals surface area contributed by atoms with Crippen LogP contribution in [0.25, 0.3) is 6.08 Å². The molecule has 0 saturated carbocycles. The van der Waals surface area contributed by atoms with Gasteiger partial charge in [-0.05, 0) is 35.2 Å². The molecule has 1 aromatic heterocycles. The Hall–Kier alpha value is -3.46. The molecule has 2 heterocycles. The Labute approximate surface area is 183 Å². The molecule has 1 fully saturated rings. The van der Waals surface area contributed by atoms with Crippen molar-refractivity contribution < 1.29 is 28.7 Å². The lowest BCUT2D eigenvalue weighted by Crippen LogP contribution is -2.51. The fourth-order valence-electron chi connectivity index (χ4n) is 3.00. The molecule has 1 aliphatic heterocycles. The molecule has 1 aromatic carbocycles. The Kier molecular flexibility index (Phi) is 7.55. The second-order valence-electron chi connectivity index (χ2n) is 6.70. The Morgan fingerprint density at radius 2 is 1.68 bits per heavy atom. The highest BCUT2D eigenvalue weighted by atomic mass is 32.1. The van der Waals surface area contributed by atoms with Gasteiger partial charge in [0.25, 0.3) is 11.8 Å². The SMILES string of the molecule is COC(=O)c1ccc(/C=C/C(=O)OCC(=O)N2CCN(C(=O)c3cccs3)CC2)cc1. The van der Waals surface area contributed by atoms with Gasteiger partial charge in [-0.2, -0.15) is 0 Å². The van der Waals surface area contributed by atoms with Crippen molar-refractivity contribution in [3.63, 3.8) is 0 Å². The lowest BCUT2D eigenvalue weighted by molar-refractivity contribution is -0.148. The molecule has 0 N–H and O–H groups in total. The third kappa shape index (κ3) is 6.02. The van der Waals surface area contributed by atoms with Crippen LogP contribution < -0.4 is 0 Å². The summed E-state index contributed by atoms with van der Waals surface area (Å²) in [5, 5.41) is 1.85. The average Bonchev–Trinajstić information content (AvgIpc) is 3.35. The van der Waals surface area contributed by atoms with Gasteiger partial charge < -0.3 is 19.3 Å². The van der Waals surface area contributed by atoms with Crippen LogP contribution in [-0.4, -0.2) is 73.4 Å². The number of piperazine rings is 1. The van der Waals surface area contributed by atoms with Gasteiger partial charge in [-0.15, -0.1) is 11.3 Å². The van der Waals surface area contributed by atoms with Gasteiger partial charge in [-0.25, -0.2) is 9.59 Å². The molecule has 3 rings (SSSR count). The van der Waals surface area contributed by atoms with Crippen molar-refractivity contribution in [2.75, 3.05) is 39.9 Å². The van der Waals surface area contributed by atoms with E-state index < -0.39 is 11.9 Å². The second-order valence-corrected chi connectivity index (χ2v) is 7.65. The summed E-state index contributed by atoms with van der Waals surface area (Å²) < 4.78 is 9.65. The lowest BCUT2D eigenvalue weighted by Gasteiger charge is -2.34. The summed E-state index contributed by atoms with van der Waals surface area (Å²) in [7, 11) is 1.30. The number of carbonyl (C=O) groups is 4. The molecule has 1 aliphatic rings. The molecule has 0 spiro atoms. The fraction of sp³-hybridized carbons (Fsp3) is 0.273. The molecule has 162 valence electrons. The number of methoxy groups -OCH3 is 1. The molecule has 0 atom stereocenters. The van der Waals surface area contributed by atoms with Gasteiger partial charge >= 0.3 is 11.9 Å². The van der Waals surface area contributed by atoms with Crippen LogP contribution >= 0.6 is 11.3 Å². The number of hydrogen-bond acceptors (Lipinski definition) is 7. The Balaban J connectivity index is 1.41. The van der Waals surface area contributed by atoms with E-state index in [0.29, 0.717) is 42.2 Å². The first-order valence-electron chi connectivity index (χ1n) is 9.61. The first-order chi connectivity index (χ1) is 15.0. The highest BCUT2D eigenvalue weighted by molar-refractivity contribution is 7.12. The van der Waals surface area contributed by atoms with E-state index in [2.05, 4.69) is 4.74 Å². The molecule has 0 unspecified atom stereocenters. The largest absolute Gasteiger partial charge is 0.465 e. The van der Waals surface area contributed by atoms with Crippen LogP contribution in [0.5, 0.6) is 0 Å². The summed E-state index contributed by atoms with van der Waals surface area (Å²) in [6.07, 6.45) is 2.75. The maximum Gasteiger partial charge on any atom is 0.337 e. The number of carbonyl (C=O) groups excluding carboxylic acids is 4. The first kappa shape index (κ1) is 22.2. The molecule has 9 heteroatoms. The molecule has 8 nitrogen and oxygen atoms in total. The van der Waals surface area contributed by atoms with E-state index in [1.807, 2.05) is 11.4 Å². The number of thiophene rings is 1. The van der Waals surface area contributed by atoms with E-state index in [-0.39, 0.29) is 18.4 Å². The van der Waals surface area contributed by atoms with Crippen LogP contribution in [0.2, 0.25) is 0 Å². The van der Waals surface area contributed by atoms with E-state index >= 15 is 0 Å². The van der Waals surface area contributed by atoms with Crippen LogP contribution in [0.15, 0.2) is 47.9 Å². The van der Waals surface area contributed by atoms with Crippen LogP contribution in [0.1, 0.15) is 25.6 Å². The van der Waals surface area contributed by atoms with E-state index in [9.17, 15) is 19.2 Å². The van der Waals surface area contributed by atoms with Gasteiger partial charge in [0.2, 0.25) is 0 Å². The summed E-state index contributed by atoms with van der Waals surface area (Å²) in [6.45, 7) is 1.32. The monoisotopic (exact) mass is 442 g/mol. The van der Waals surface area contributed by atoms with Crippen LogP contribution in [0.4, 0.5) is 0 Å². The zero-order valence-electron chi connectivity index (χ0n) is 17.0. The number of esters is 2. The van der Waals surface area contributed by atoms with Crippen molar-refractivity contribution in [1.29, 1.82) is 0 Å². The number of rotatable bonds is 6. The minimum absolute atomic E-state index is 0.0294. The molecule has 0 radical (unpaired) electrons. The summed E-state index contributed by atoms with van der Waals surface area (Å²) in [4.78, 5) is 51.9. The van der Waals surface area contributed by atoms with Gasteiger partial charge in [0.1, 0.15) is 0 Å². The molecular formula is C22H22N2O6S. The quantitative estimate of drug-likeness (QED) is 0.502. The topological polar surface area (TPSA) is 93.2 Å². The number of amides is 2. The number of ether oxygens (including phenoxy) is 2. The van der Waals surface area contributed by atoms with Gasteiger partial charge in [-0.1, -0.05) is 18.2 Å². The van der Waals surface area contributed by atoms with Gasteiger partial charge in [-0.3, -0.25) is 9.59 Å². The minimum Gasteiger partial charge on any atom is -0.465 e. The number of nitrogens with zero attached hydrogens (tertiary/aromatic N) is 2. The molecular weight excluding hydrogens is 420 g/mol. The van der Waals surface area contributed by atoms with Gasteiger partial charge in [0.05, 0.1) is 17.6 Å². The zero-order chi connectivity index (χ0) is 22.2. The summed E-state index contributed by atoms with van der Waals surface area (Å²) in [6, 6.07) is 10.1. The Bertz CT molecular complexity index is 960. The third-order valence-electron chi connectivity index (χ3n) is 4.73. The highest BCUT2D eigenvalue weighted by Gasteiger charge is 2.25. The Morgan fingerprint density at radius 1 is 1.00 bits per heavy atom. The van der Waals surface area contributed by atoms with E-state index in [0.717, 1.165) is 0 Å². The maximum atomic E-state index is 12.3. The first-order valence-corrected chi connectivity index (χ1v) is 10.5. The second kappa shape index (κ2) is 10.5. The van der Waals surface area contributed by atoms with Crippen LogP contribution in [0.3, 0.4) is 0 Å².